The Bertz CT molecular complexity index is 1440. The van der Waals surface area contributed by atoms with Gasteiger partial charge in [-0.1, -0.05) is 6.07 Å². The summed E-state index contributed by atoms with van der Waals surface area (Å²) in [5.41, 5.74) is -1.15. The number of halogens is 6. The SMILES string of the molecule is NS(=O)(=O)c1ccc(-n2nc(C(F)(F)F)c3ccc4cc(OC(F)(F)F)ccc4c32)cc1. The van der Waals surface area contributed by atoms with E-state index in [4.69, 9.17) is 5.14 Å². The van der Waals surface area contributed by atoms with E-state index in [1.54, 1.807) is 0 Å². The Hall–Kier alpha value is -3.32. The van der Waals surface area contributed by atoms with E-state index >= 15 is 0 Å². The summed E-state index contributed by atoms with van der Waals surface area (Å²) in [4.78, 5) is -0.257. The number of hydrogen-bond donors (Lipinski definition) is 1. The Labute approximate surface area is 175 Å². The lowest BCUT2D eigenvalue weighted by molar-refractivity contribution is -0.274. The largest absolute Gasteiger partial charge is 0.573 e. The van der Waals surface area contributed by atoms with Crippen LogP contribution < -0.4 is 9.88 Å². The maximum atomic E-state index is 13.6. The van der Waals surface area contributed by atoms with Crippen molar-refractivity contribution in [3.63, 3.8) is 0 Å². The van der Waals surface area contributed by atoms with Gasteiger partial charge in [-0.3, -0.25) is 0 Å². The van der Waals surface area contributed by atoms with Gasteiger partial charge in [0.05, 0.1) is 16.1 Å². The lowest BCUT2D eigenvalue weighted by atomic mass is 10.1. The highest BCUT2D eigenvalue weighted by Gasteiger charge is 2.37. The molecule has 0 radical (unpaired) electrons. The zero-order chi connectivity index (χ0) is 23.5. The van der Waals surface area contributed by atoms with Crippen LogP contribution in [0.1, 0.15) is 5.69 Å². The van der Waals surface area contributed by atoms with Gasteiger partial charge in [0.25, 0.3) is 0 Å². The van der Waals surface area contributed by atoms with Gasteiger partial charge in [0.1, 0.15) is 5.75 Å². The van der Waals surface area contributed by atoms with Gasteiger partial charge in [-0.2, -0.15) is 18.3 Å². The van der Waals surface area contributed by atoms with Crippen molar-refractivity contribution in [3.8, 4) is 11.4 Å². The molecule has 0 bridgehead atoms. The number of benzene rings is 3. The first-order chi connectivity index (χ1) is 14.7. The molecule has 0 saturated heterocycles. The van der Waals surface area contributed by atoms with Crippen molar-refractivity contribution < 1.29 is 39.5 Å². The Morgan fingerprint density at radius 2 is 1.50 bits per heavy atom. The maximum absolute atomic E-state index is 13.6. The summed E-state index contributed by atoms with van der Waals surface area (Å²) in [5.74, 6) is -0.538. The molecule has 0 aliphatic rings. The minimum atomic E-state index is -4.94. The van der Waals surface area contributed by atoms with Crippen LogP contribution in [-0.2, 0) is 16.2 Å². The van der Waals surface area contributed by atoms with Gasteiger partial charge in [-0.15, -0.1) is 13.2 Å². The predicted octanol–water partition coefficient (Wildman–Crippen LogP) is 4.74. The van der Waals surface area contributed by atoms with E-state index in [9.17, 15) is 34.8 Å². The normalized spacial score (nSPS) is 13.1. The number of nitrogens with zero attached hydrogens (tertiary/aromatic N) is 2. The van der Waals surface area contributed by atoms with E-state index in [1.807, 2.05) is 0 Å². The lowest BCUT2D eigenvalue weighted by Gasteiger charge is -2.11. The summed E-state index contributed by atoms with van der Waals surface area (Å²) in [6.07, 6.45) is -9.76. The quantitative estimate of drug-likeness (QED) is 0.434. The van der Waals surface area contributed by atoms with Gasteiger partial charge in [0, 0.05) is 10.8 Å². The molecule has 2 N–H and O–H groups in total. The number of fused-ring (bicyclic) bond motifs is 3. The Balaban J connectivity index is 1.98. The molecular formula is C19H11F6N3O3S. The molecule has 0 atom stereocenters. The number of hydrogen-bond acceptors (Lipinski definition) is 4. The molecule has 0 amide bonds. The van der Waals surface area contributed by atoms with E-state index in [1.165, 1.54) is 24.3 Å². The van der Waals surface area contributed by atoms with Crippen LogP contribution in [-0.4, -0.2) is 24.6 Å². The molecule has 0 aliphatic carbocycles. The highest BCUT2D eigenvalue weighted by atomic mass is 32.2. The fraction of sp³-hybridized carbons (Fsp3) is 0.105. The molecule has 32 heavy (non-hydrogen) atoms. The third-order valence-corrected chi connectivity index (χ3v) is 5.47. The summed E-state index contributed by atoms with van der Waals surface area (Å²) in [7, 11) is -4.03. The number of alkyl halides is 6. The first kappa shape index (κ1) is 21.9. The van der Waals surface area contributed by atoms with Crippen LogP contribution in [0.4, 0.5) is 26.3 Å². The summed E-state index contributed by atoms with van der Waals surface area (Å²) in [5, 5.41) is 8.76. The van der Waals surface area contributed by atoms with Crippen LogP contribution in [0.3, 0.4) is 0 Å². The number of nitrogens with two attached hydrogens (primary N) is 1. The number of aromatic nitrogens is 2. The highest BCUT2D eigenvalue weighted by molar-refractivity contribution is 7.89. The minimum absolute atomic E-state index is 0.0308. The van der Waals surface area contributed by atoms with Gasteiger partial charge in [0.15, 0.2) is 5.69 Å². The molecule has 3 aromatic carbocycles. The molecule has 0 spiro atoms. The smallest absolute Gasteiger partial charge is 0.406 e. The van der Waals surface area contributed by atoms with Gasteiger partial charge in [-0.25, -0.2) is 18.2 Å². The second-order valence-electron chi connectivity index (χ2n) is 6.69. The molecule has 4 aromatic rings. The van der Waals surface area contributed by atoms with Gasteiger partial charge >= 0.3 is 12.5 Å². The molecule has 0 saturated carbocycles. The molecule has 4 rings (SSSR count). The van der Waals surface area contributed by atoms with Crippen LogP contribution in [0, 0.1) is 0 Å². The van der Waals surface area contributed by atoms with Gasteiger partial charge < -0.3 is 4.74 Å². The lowest BCUT2D eigenvalue weighted by Crippen LogP contribution is -2.16. The number of rotatable bonds is 3. The standard InChI is InChI=1S/C19H11F6N3O3S/c20-18(21,22)17-15-7-1-10-9-12(31-19(23,24)25)4-8-14(10)16(15)28(27-17)11-2-5-13(6-3-11)32(26,29)30/h1-9H,(H2,26,29,30). The van der Waals surface area contributed by atoms with Gasteiger partial charge in [-0.05, 0) is 53.9 Å². The molecule has 1 heterocycles. The predicted molar refractivity (Wildman–Crippen MR) is 102 cm³/mol. The Kier molecular flexibility index (Phi) is 4.86. The van der Waals surface area contributed by atoms with Crippen molar-refractivity contribution in [1.82, 2.24) is 9.78 Å². The van der Waals surface area contributed by atoms with E-state index in [0.29, 0.717) is 0 Å². The molecule has 1 aromatic heterocycles. The fourth-order valence-corrected chi connectivity index (χ4v) is 3.80. The number of primary sulfonamides is 1. The molecule has 0 fully saturated rings. The average molecular weight is 475 g/mol. The van der Waals surface area contributed by atoms with Crippen molar-refractivity contribution in [2.24, 2.45) is 5.14 Å². The van der Waals surface area contributed by atoms with Crippen molar-refractivity contribution in [1.29, 1.82) is 0 Å². The summed E-state index contributed by atoms with van der Waals surface area (Å²) >= 11 is 0. The molecule has 13 heteroatoms. The highest BCUT2D eigenvalue weighted by Crippen LogP contribution is 2.39. The summed E-state index contributed by atoms with van der Waals surface area (Å²) < 4.78 is 106. The summed E-state index contributed by atoms with van der Waals surface area (Å²) in [6.45, 7) is 0. The second-order valence-corrected chi connectivity index (χ2v) is 8.25. The van der Waals surface area contributed by atoms with Crippen molar-refractivity contribution in [2.45, 2.75) is 17.4 Å². The molecule has 6 nitrogen and oxygen atoms in total. The Morgan fingerprint density at radius 3 is 2.06 bits per heavy atom. The van der Waals surface area contributed by atoms with Crippen molar-refractivity contribution >= 4 is 31.7 Å². The minimum Gasteiger partial charge on any atom is -0.406 e. The number of sulfonamides is 1. The average Bonchev–Trinajstić information content (AvgIpc) is 3.06. The number of ether oxygens (including phenoxy) is 1. The molecule has 0 unspecified atom stereocenters. The first-order valence-electron chi connectivity index (χ1n) is 8.66. The zero-order valence-corrected chi connectivity index (χ0v) is 16.4. The Morgan fingerprint density at radius 1 is 0.875 bits per heavy atom. The van der Waals surface area contributed by atoms with E-state index < -0.39 is 34.0 Å². The van der Waals surface area contributed by atoms with Crippen LogP contribution in [0.2, 0.25) is 0 Å². The van der Waals surface area contributed by atoms with E-state index in [2.05, 4.69) is 9.84 Å². The topological polar surface area (TPSA) is 87.2 Å². The molecule has 0 aliphatic heterocycles. The summed E-state index contributed by atoms with van der Waals surface area (Å²) in [6, 6.07) is 10.2. The van der Waals surface area contributed by atoms with E-state index in [0.717, 1.165) is 35.0 Å². The monoisotopic (exact) mass is 475 g/mol. The zero-order valence-electron chi connectivity index (χ0n) is 15.6. The van der Waals surface area contributed by atoms with Gasteiger partial charge in [0.2, 0.25) is 10.0 Å². The third-order valence-electron chi connectivity index (χ3n) is 4.54. The first-order valence-corrected chi connectivity index (χ1v) is 10.2. The molecule has 168 valence electrons. The fourth-order valence-electron chi connectivity index (χ4n) is 3.28. The van der Waals surface area contributed by atoms with Crippen LogP contribution in [0.5, 0.6) is 5.75 Å². The van der Waals surface area contributed by atoms with Crippen molar-refractivity contribution in [2.75, 3.05) is 0 Å². The van der Waals surface area contributed by atoms with Crippen LogP contribution in [0.15, 0.2) is 59.5 Å². The van der Waals surface area contributed by atoms with Crippen LogP contribution in [0.25, 0.3) is 27.4 Å². The van der Waals surface area contributed by atoms with E-state index in [-0.39, 0.29) is 32.3 Å². The second kappa shape index (κ2) is 7.10. The van der Waals surface area contributed by atoms with Crippen molar-refractivity contribution in [3.05, 3.63) is 60.3 Å². The maximum Gasteiger partial charge on any atom is 0.573 e. The third kappa shape index (κ3) is 4.08. The van der Waals surface area contributed by atoms with Crippen LogP contribution >= 0.6 is 0 Å². The molecular weight excluding hydrogens is 464 g/mol.